The third-order valence-electron chi connectivity index (χ3n) is 2.65. The van der Waals surface area contributed by atoms with Gasteiger partial charge in [-0.25, -0.2) is 0 Å². The first kappa shape index (κ1) is 12.4. The highest BCUT2D eigenvalue weighted by molar-refractivity contribution is 7.10. The summed E-state index contributed by atoms with van der Waals surface area (Å²) in [6, 6.07) is 9.56. The van der Waals surface area contributed by atoms with Gasteiger partial charge in [-0.1, -0.05) is 23.7 Å². The molecule has 0 aliphatic heterocycles. The van der Waals surface area contributed by atoms with E-state index in [-0.39, 0.29) is 11.8 Å². The molecule has 4 heteroatoms. The Bertz CT molecular complexity index is 464. The SMILES string of the molecule is CC(NCc1c(O)cccc1Cl)c1cccs1. The molecule has 90 valence electrons. The average Bonchev–Trinajstić information content (AvgIpc) is 2.81. The molecule has 0 aliphatic carbocycles. The Balaban J connectivity index is 2.03. The summed E-state index contributed by atoms with van der Waals surface area (Å²) in [6.45, 7) is 2.66. The summed E-state index contributed by atoms with van der Waals surface area (Å²) in [5.41, 5.74) is 0.748. The van der Waals surface area contributed by atoms with Crippen LogP contribution in [0.15, 0.2) is 35.7 Å². The quantitative estimate of drug-likeness (QED) is 0.879. The molecule has 0 spiro atoms. The smallest absolute Gasteiger partial charge is 0.121 e. The molecule has 1 aromatic carbocycles. The van der Waals surface area contributed by atoms with Gasteiger partial charge in [0.05, 0.1) is 0 Å². The Hall–Kier alpha value is -1.03. The Labute approximate surface area is 110 Å². The van der Waals surface area contributed by atoms with Gasteiger partial charge in [-0.3, -0.25) is 0 Å². The first-order valence-corrected chi connectivity index (χ1v) is 6.67. The van der Waals surface area contributed by atoms with E-state index in [0.717, 1.165) is 5.56 Å². The van der Waals surface area contributed by atoms with Crippen molar-refractivity contribution in [1.29, 1.82) is 0 Å². The molecule has 0 radical (unpaired) electrons. The molecule has 2 nitrogen and oxygen atoms in total. The van der Waals surface area contributed by atoms with Gasteiger partial charge in [0.2, 0.25) is 0 Å². The molecular weight excluding hydrogens is 254 g/mol. The molecule has 0 bridgehead atoms. The average molecular weight is 268 g/mol. The topological polar surface area (TPSA) is 32.3 Å². The highest BCUT2D eigenvalue weighted by Crippen LogP contribution is 2.26. The summed E-state index contributed by atoms with van der Waals surface area (Å²) in [4.78, 5) is 1.27. The van der Waals surface area contributed by atoms with E-state index in [4.69, 9.17) is 11.6 Å². The summed E-state index contributed by atoms with van der Waals surface area (Å²) >= 11 is 7.76. The van der Waals surface area contributed by atoms with Gasteiger partial charge in [-0.15, -0.1) is 11.3 Å². The van der Waals surface area contributed by atoms with E-state index in [0.29, 0.717) is 11.6 Å². The predicted molar refractivity (Wildman–Crippen MR) is 72.7 cm³/mol. The van der Waals surface area contributed by atoms with Gasteiger partial charge in [-0.2, -0.15) is 0 Å². The van der Waals surface area contributed by atoms with E-state index in [1.54, 1.807) is 29.5 Å². The van der Waals surface area contributed by atoms with Crippen LogP contribution in [0.3, 0.4) is 0 Å². The van der Waals surface area contributed by atoms with E-state index >= 15 is 0 Å². The molecule has 0 amide bonds. The van der Waals surface area contributed by atoms with Crippen LogP contribution in [0, 0.1) is 0 Å². The van der Waals surface area contributed by atoms with E-state index in [1.165, 1.54) is 4.88 Å². The zero-order valence-corrected chi connectivity index (χ0v) is 11.1. The maximum atomic E-state index is 9.71. The van der Waals surface area contributed by atoms with Crippen molar-refractivity contribution in [1.82, 2.24) is 5.32 Å². The first-order valence-electron chi connectivity index (χ1n) is 5.41. The van der Waals surface area contributed by atoms with Crippen LogP contribution in [0.25, 0.3) is 0 Å². The number of rotatable bonds is 4. The van der Waals surface area contributed by atoms with Crippen LogP contribution in [0.4, 0.5) is 0 Å². The largest absolute Gasteiger partial charge is 0.508 e. The van der Waals surface area contributed by atoms with Gasteiger partial charge in [0.25, 0.3) is 0 Å². The standard InChI is InChI=1S/C13H14ClNOS/c1-9(13-6-3-7-17-13)15-8-10-11(14)4-2-5-12(10)16/h2-7,9,15-16H,8H2,1H3. The minimum Gasteiger partial charge on any atom is -0.508 e. The molecule has 0 fully saturated rings. The van der Waals surface area contributed by atoms with E-state index in [9.17, 15) is 5.11 Å². The fraction of sp³-hybridized carbons (Fsp3) is 0.231. The van der Waals surface area contributed by atoms with Gasteiger partial charge in [-0.05, 0) is 30.5 Å². The minimum atomic E-state index is 0.239. The Morgan fingerprint density at radius 2 is 2.18 bits per heavy atom. The number of hydrogen-bond acceptors (Lipinski definition) is 3. The van der Waals surface area contributed by atoms with Gasteiger partial charge in [0, 0.05) is 28.0 Å². The normalized spacial score (nSPS) is 12.6. The molecule has 2 N–H and O–H groups in total. The van der Waals surface area contributed by atoms with Crippen molar-refractivity contribution < 1.29 is 5.11 Å². The number of thiophene rings is 1. The highest BCUT2D eigenvalue weighted by Gasteiger charge is 2.09. The molecule has 0 saturated carbocycles. The third-order valence-corrected chi connectivity index (χ3v) is 4.06. The first-order chi connectivity index (χ1) is 8.18. The summed E-state index contributed by atoms with van der Waals surface area (Å²) in [6.07, 6.45) is 0. The second kappa shape index (κ2) is 5.54. The lowest BCUT2D eigenvalue weighted by atomic mass is 10.2. The van der Waals surface area contributed by atoms with Crippen LogP contribution in [-0.2, 0) is 6.54 Å². The summed E-state index contributed by atoms with van der Waals surface area (Å²) in [5.74, 6) is 0.239. The van der Waals surface area contributed by atoms with Gasteiger partial charge >= 0.3 is 0 Å². The van der Waals surface area contributed by atoms with Crippen LogP contribution in [0.5, 0.6) is 5.75 Å². The Morgan fingerprint density at radius 1 is 1.35 bits per heavy atom. The van der Waals surface area contributed by atoms with Crippen LogP contribution >= 0.6 is 22.9 Å². The maximum absolute atomic E-state index is 9.71. The Morgan fingerprint density at radius 3 is 2.82 bits per heavy atom. The summed E-state index contributed by atoms with van der Waals surface area (Å²) in [5, 5.41) is 15.7. The molecule has 1 heterocycles. The van der Waals surface area contributed by atoms with Gasteiger partial charge < -0.3 is 10.4 Å². The molecule has 17 heavy (non-hydrogen) atoms. The number of benzene rings is 1. The van der Waals surface area contributed by atoms with Crippen molar-refractivity contribution in [2.75, 3.05) is 0 Å². The summed E-state index contributed by atoms with van der Waals surface area (Å²) < 4.78 is 0. The second-order valence-electron chi connectivity index (χ2n) is 3.86. The zero-order chi connectivity index (χ0) is 12.3. The fourth-order valence-electron chi connectivity index (χ4n) is 1.62. The monoisotopic (exact) mass is 267 g/mol. The van der Waals surface area contributed by atoms with Crippen LogP contribution in [0.1, 0.15) is 23.4 Å². The third kappa shape index (κ3) is 3.00. The van der Waals surface area contributed by atoms with Gasteiger partial charge in [0.15, 0.2) is 0 Å². The van der Waals surface area contributed by atoms with Gasteiger partial charge in [0.1, 0.15) is 5.75 Å². The number of hydrogen-bond donors (Lipinski definition) is 2. The van der Waals surface area contributed by atoms with Crippen LogP contribution in [0.2, 0.25) is 5.02 Å². The van der Waals surface area contributed by atoms with E-state index in [1.807, 2.05) is 6.07 Å². The molecule has 1 aromatic heterocycles. The van der Waals surface area contributed by atoms with Crippen LogP contribution in [-0.4, -0.2) is 5.11 Å². The predicted octanol–water partition coefficient (Wildman–Crippen LogP) is 3.96. The van der Waals surface area contributed by atoms with Crippen LogP contribution < -0.4 is 5.32 Å². The number of nitrogens with one attached hydrogen (secondary N) is 1. The highest BCUT2D eigenvalue weighted by atomic mass is 35.5. The number of aromatic hydroxyl groups is 1. The van der Waals surface area contributed by atoms with Crippen molar-refractivity contribution in [3.63, 3.8) is 0 Å². The van der Waals surface area contributed by atoms with Crippen molar-refractivity contribution >= 4 is 22.9 Å². The second-order valence-corrected chi connectivity index (χ2v) is 5.24. The summed E-state index contributed by atoms with van der Waals surface area (Å²) in [7, 11) is 0. The van der Waals surface area contributed by atoms with E-state index < -0.39 is 0 Å². The van der Waals surface area contributed by atoms with Crippen molar-refractivity contribution in [3.8, 4) is 5.75 Å². The van der Waals surface area contributed by atoms with Crippen molar-refractivity contribution in [3.05, 3.63) is 51.2 Å². The molecule has 1 unspecified atom stereocenters. The lowest BCUT2D eigenvalue weighted by Gasteiger charge is -2.13. The molecule has 1 atom stereocenters. The number of phenols is 1. The minimum absolute atomic E-state index is 0.239. The lowest BCUT2D eigenvalue weighted by Crippen LogP contribution is -2.17. The molecule has 0 saturated heterocycles. The lowest BCUT2D eigenvalue weighted by molar-refractivity contribution is 0.461. The van der Waals surface area contributed by atoms with Crippen molar-refractivity contribution in [2.45, 2.75) is 19.5 Å². The fourth-order valence-corrected chi connectivity index (χ4v) is 2.61. The molecule has 2 aromatic rings. The maximum Gasteiger partial charge on any atom is 0.121 e. The van der Waals surface area contributed by atoms with E-state index in [2.05, 4.69) is 23.7 Å². The van der Waals surface area contributed by atoms with Crippen molar-refractivity contribution in [2.24, 2.45) is 0 Å². The molecule has 2 rings (SSSR count). The molecule has 0 aliphatic rings. The Kier molecular flexibility index (Phi) is 4.05. The number of halogens is 1. The number of phenolic OH excluding ortho intramolecular Hbond substituents is 1. The molecular formula is C13H14ClNOS. The zero-order valence-electron chi connectivity index (χ0n) is 9.48.